The standard InChI is InChI=1S/C23H21N5O3/c1-2-14-7-9-15(10-8-14)21-26-20(31-27-21)13-28-22(29)19(25-23(28)30)11-16-12-24-18-6-4-3-5-17(16)18/h3-10,12,19,24H,2,11,13H2,1H3,(H,25,30). The Hall–Kier alpha value is -3.94. The van der Waals surface area contributed by atoms with Crippen molar-refractivity contribution in [2.24, 2.45) is 0 Å². The van der Waals surface area contributed by atoms with E-state index in [2.05, 4.69) is 27.4 Å². The topological polar surface area (TPSA) is 104 Å². The number of imide groups is 1. The maximum absolute atomic E-state index is 12.9. The Morgan fingerprint density at radius 3 is 2.71 bits per heavy atom. The van der Waals surface area contributed by atoms with Crippen molar-refractivity contribution in [3.63, 3.8) is 0 Å². The van der Waals surface area contributed by atoms with Crippen LogP contribution in [-0.4, -0.2) is 38.0 Å². The number of nitrogens with zero attached hydrogens (tertiary/aromatic N) is 3. The zero-order valence-corrected chi connectivity index (χ0v) is 17.0. The van der Waals surface area contributed by atoms with E-state index in [4.69, 9.17) is 4.52 Å². The number of aryl methyl sites for hydroxylation is 1. The summed E-state index contributed by atoms with van der Waals surface area (Å²) in [6, 6.07) is 14.7. The predicted octanol–water partition coefficient (Wildman–Crippen LogP) is 3.44. The minimum absolute atomic E-state index is 0.0604. The Kier molecular flexibility index (Phi) is 4.74. The Balaban J connectivity index is 1.29. The minimum Gasteiger partial charge on any atom is -0.361 e. The zero-order chi connectivity index (χ0) is 21.4. The average molecular weight is 415 g/mol. The number of para-hydroxylation sites is 1. The van der Waals surface area contributed by atoms with Gasteiger partial charge in [0.15, 0.2) is 0 Å². The van der Waals surface area contributed by atoms with Crippen molar-refractivity contribution in [3.8, 4) is 11.4 Å². The van der Waals surface area contributed by atoms with Crippen LogP contribution in [0.25, 0.3) is 22.3 Å². The van der Waals surface area contributed by atoms with Gasteiger partial charge in [-0.2, -0.15) is 4.98 Å². The fourth-order valence-corrected chi connectivity index (χ4v) is 3.85. The van der Waals surface area contributed by atoms with E-state index in [9.17, 15) is 9.59 Å². The number of urea groups is 1. The van der Waals surface area contributed by atoms with Crippen molar-refractivity contribution in [2.45, 2.75) is 32.4 Å². The maximum Gasteiger partial charge on any atom is 0.325 e. The Morgan fingerprint density at radius 1 is 1.10 bits per heavy atom. The van der Waals surface area contributed by atoms with Crippen LogP contribution in [-0.2, 0) is 24.2 Å². The van der Waals surface area contributed by atoms with Gasteiger partial charge in [0.25, 0.3) is 5.91 Å². The van der Waals surface area contributed by atoms with Gasteiger partial charge < -0.3 is 14.8 Å². The number of rotatable bonds is 6. The van der Waals surface area contributed by atoms with Crippen LogP contribution in [0.2, 0.25) is 0 Å². The van der Waals surface area contributed by atoms with Crippen LogP contribution in [0.1, 0.15) is 23.9 Å². The fourth-order valence-electron chi connectivity index (χ4n) is 3.85. The van der Waals surface area contributed by atoms with Gasteiger partial charge in [-0.25, -0.2) is 4.79 Å². The lowest BCUT2D eigenvalue weighted by Crippen LogP contribution is -2.32. The van der Waals surface area contributed by atoms with Gasteiger partial charge in [-0.05, 0) is 23.6 Å². The predicted molar refractivity (Wildman–Crippen MR) is 114 cm³/mol. The first-order valence-corrected chi connectivity index (χ1v) is 10.2. The fraction of sp³-hybridized carbons (Fsp3) is 0.217. The SMILES string of the molecule is CCc1ccc(-c2noc(CN3C(=O)NC(Cc4c[nH]c5ccccc45)C3=O)n2)cc1. The van der Waals surface area contributed by atoms with Gasteiger partial charge in [0.2, 0.25) is 11.7 Å². The highest BCUT2D eigenvalue weighted by atomic mass is 16.5. The quantitative estimate of drug-likeness (QED) is 0.470. The molecule has 2 aromatic heterocycles. The van der Waals surface area contributed by atoms with Gasteiger partial charge in [0, 0.05) is 29.1 Å². The van der Waals surface area contributed by atoms with Crippen molar-refractivity contribution in [3.05, 3.63) is 71.7 Å². The first-order chi connectivity index (χ1) is 15.1. The van der Waals surface area contributed by atoms with Crippen LogP contribution >= 0.6 is 0 Å². The van der Waals surface area contributed by atoms with E-state index in [1.165, 1.54) is 5.56 Å². The molecule has 1 atom stereocenters. The molecule has 0 spiro atoms. The summed E-state index contributed by atoms with van der Waals surface area (Å²) in [4.78, 5) is 34.0. The molecule has 1 aliphatic heterocycles. The number of carbonyl (C=O) groups is 2. The molecule has 4 aromatic rings. The normalized spacial score (nSPS) is 16.3. The molecule has 1 saturated heterocycles. The van der Waals surface area contributed by atoms with Crippen LogP contribution in [0.3, 0.4) is 0 Å². The third-order valence-corrected chi connectivity index (χ3v) is 5.59. The van der Waals surface area contributed by atoms with E-state index in [0.717, 1.165) is 33.4 Å². The highest BCUT2D eigenvalue weighted by Gasteiger charge is 2.39. The van der Waals surface area contributed by atoms with Gasteiger partial charge in [-0.3, -0.25) is 9.69 Å². The van der Waals surface area contributed by atoms with Crippen molar-refractivity contribution in [2.75, 3.05) is 0 Å². The summed E-state index contributed by atoms with van der Waals surface area (Å²) in [5.74, 6) is 0.341. The highest BCUT2D eigenvalue weighted by Crippen LogP contribution is 2.22. The summed E-state index contributed by atoms with van der Waals surface area (Å²) in [6.45, 7) is 2.03. The van der Waals surface area contributed by atoms with E-state index in [1.807, 2.05) is 54.7 Å². The molecule has 5 rings (SSSR count). The number of carbonyl (C=O) groups excluding carboxylic acids is 2. The molecular weight excluding hydrogens is 394 g/mol. The van der Waals surface area contributed by atoms with E-state index >= 15 is 0 Å². The second kappa shape index (κ2) is 7.71. The number of hydrogen-bond donors (Lipinski definition) is 2. The van der Waals surface area contributed by atoms with Crippen LogP contribution in [0.15, 0.2) is 59.3 Å². The number of hydrogen-bond acceptors (Lipinski definition) is 5. The molecule has 3 amide bonds. The molecule has 31 heavy (non-hydrogen) atoms. The molecule has 2 aromatic carbocycles. The second-order valence-electron chi connectivity index (χ2n) is 7.55. The first-order valence-electron chi connectivity index (χ1n) is 10.2. The molecule has 1 unspecified atom stereocenters. The van der Waals surface area contributed by atoms with Gasteiger partial charge in [0.05, 0.1) is 0 Å². The molecule has 0 bridgehead atoms. The molecule has 1 aliphatic rings. The summed E-state index contributed by atoms with van der Waals surface area (Å²) in [7, 11) is 0. The molecule has 8 heteroatoms. The van der Waals surface area contributed by atoms with Gasteiger partial charge in [-0.15, -0.1) is 0 Å². The number of amides is 3. The molecule has 2 N–H and O–H groups in total. The zero-order valence-electron chi connectivity index (χ0n) is 17.0. The molecular formula is C23H21N5O3. The van der Waals surface area contributed by atoms with E-state index in [0.29, 0.717) is 12.2 Å². The minimum atomic E-state index is -0.629. The second-order valence-corrected chi connectivity index (χ2v) is 7.55. The van der Waals surface area contributed by atoms with Crippen LogP contribution in [0.5, 0.6) is 0 Å². The third-order valence-electron chi connectivity index (χ3n) is 5.59. The smallest absolute Gasteiger partial charge is 0.325 e. The van der Waals surface area contributed by atoms with E-state index in [1.54, 1.807) is 0 Å². The summed E-state index contributed by atoms with van der Waals surface area (Å²) >= 11 is 0. The van der Waals surface area contributed by atoms with Gasteiger partial charge in [-0.1, -0.05) is 54.5 Å². The number of nitrogens with one attached hydrogen (secondary N) is 2. The van der Waals surface area contributed by atoms with Crippen molar-refractivity contribution in [1.29, 1.82) is 0 Å². The van der Waals surface area contributed by atoms with Crippen LogP contribution in [0, 0.1) is 0 Å². The number of aromatic amines is 1. The largest absolute Gasteiger partial charge is 0.361 e. The number of benzene rings is 2. The average Bonchev–Trinajstić information content (AvgIpc) is 3.50. The van der Waals surface area contributed by atoms with E-state index in [-0.39, 0.29) is 18.3 Å². The molecule has 8 nitrogen and oxygen atoms in total. The Morgan fingerprint density at radius 2 is 1.90 bits per heavy atom. The van der Waals surface area contributed by atoms with Gasteiger partial charge >= 0.3 is 6.03 Å². The summed E-state index contributed by atoms with van der Waals surface area (Å²) in [6.07, 6.45) is 3.23. The molecule has 156 valence electrons. The number of H-pyrrole nitrogens is 1. The van der Waals surface area contributed by atoms with Crippen molar-refractivity contribution < 1.29 is 14.1 Å². The first kappa shape index (κ1) is 19.0. The number of fused-ring (bicyclic) bond motifs is 1. The Labute approximate surface area is 178 Å². The van der Waals surface area contributed by atoms with E-state index < -0.39 is 12.1 Å². The lowest BCUT2D eigenvalue weighted by atomic mass is 10.1. The number of aromatic nitrogens is 3. The van der Waals surface area contributed by atoms with Crippen LogP contribution < -0.4 is 5.32 Å². The third kappa shape index (κ3) is 3.56. The van der Waals surface area contributed by atoms with Gasteiger partial charge in [0.1, 0.15) is 12.6 Å². The summed E-state index contributed by atoms with van der Waals surface area (Å²) in [5, 5.41) is 7.79. The molecule has 3 heterocycles. The lowest BCUT2D eigenvalue weighted by molar-refractivity contribution is -0.128. The molecule has 0 aliphatic carbocycles. The van der Waals surface area contributed by atoms with Crippen molar-refractivity contribution in [1.82, 2.24) is 25.3 Å². The monoisotopic (exact) mass is 415 g/mol. The molecule has 0 radical (unpaired) electrons. The van der Waals surface area contributed by atoms with Crippen molar-refractivity contribution >= 4 is 22.8 Å². The molecule has 0 saturated carbocycles. The summed E-state index contributed by atoms with van der Waals surface area (Å²) in [5.41, 5.74) is 4.01. The summed E-state index contributed by atoms with van der Waals surface area (Å²) < 4.78 is 5.29. The highest BCUT2D eigenvalue weighted by molar-refractivity contribution is 6.04. The lowest BCUT2D eigenvalue weighted by Gasteiger charge is -2.10. The Bertz CT molecular complexity index is 1260. The maximum atomic E-state index is 12.9. The van der Waals surface area contributed by atoms with Crippen LogP contribution in [0.4, 0.5) is 4.79 Å². The molecule has 1 fully saturated rings.